The number of carbonyl (C=O) groups is 1. The highest BCUT2D eigenvalue weighted by Gasteiger charge is 2.21. The van der Waals surface area contributed by atoms with E-state index in [1.807, 2.05) is 24.3 Å². The van der Waals surface area contributed by atoms with Crippen LogP contribution >= 0.6 is 0 Å². The van der Waals surface area contributed by atoms with Crippen LogP contribution in [-0.4, -0.2) is 21.3 Å². The lowest BCUT2D eigenvalue weighted by Gasteiger charge is -2.17. The molecule has 0 radical (unpaired) electrons. The van der Waals surface area contributed by atoms with Crippen molar-refractivity contribution in [2.24, 2.45) is 5.10 Å². The van der Waals surface area contributed by atoms with E-state index in [9.17, 15) is 4.79 Å². The monoisotopic (exact) mass is 498 g/mol. The summed E-state index contributed by atoms with van der Waals surface area (Å²) in [4.78, 5) is 12.5. The van der Waals surface area contributed by atoms with Crippen LogP contribution in [0.5, 0.6) is 5.75 Å². The van der Waals surface area contributed by atoms with Gasteiger partial charge in [-0.3, -0.25) is 4.79 Å². The van der Waals surface area contributed by atoms with E-state index in [1.54, 1.807) is 18.3 Å². The van der Waals surface area contributed by atoms with E-state index in [2.05, 4.69) is 65.6 Å². The Morgan fingerprint density at radius 3 is 2.41 bits per heavy atom. The normalized spacial score (nSPS) is 14.1. The zero-order valence-electron chi connectivity index (χ0n) is 22.0. The van der Waals surface area contributed by atoms with Crippen molar-refractivity contribution in [3.8, 4) is 11.4 Å². The van der Waals surface area contributed by atoms with Gasteiger partial charge >= 0.3 is 5.91 Å². The Hall–Kier alpha value is -4.00. The average Bonchev–Trinajstić information content (AvgIpc) is 3.68. The summed E-state index contributed by atoms with van der Waals surface area (Å²) in [5.74, 6) is 1.10. The molecule has 1 N–H and O–H groups in total. The lowest BCUT2D eigenvalue weighted by Crippen LogP contribution is -2.17. The lowest BCUT2D eigenvalue weighted by atomic mass is 10.2. The van der Waals surface area contributed by atoms with E-state index in [0.29, 0.717) is 11.8 Å². The number of rotatable bonds is 8. The van der Waals surface area contributed by atoms with Gasteiger partial charge in [0.25, 0.3) is 0 Å². The van der Waals surface area contributed by atoms with Gasteiger partial charge in [0.2, 0.25) is 0 Å². The molecule has 192 valence electrons. The van der Waals surface area contributed by atoms with Crippen molar-refractivity contribution >= 4 is 12.1 Å². The second-order valence-corrected chi connectivity index (χ2v) is 9.83. The third kappa shape index (κ3) is 5.26. The quantitative estimate of drug-likeness (QED) is 0.221. The minimum Gasteiger partial charge on any atom is -0.486 e. The van der Waals surface area contributed by atoms with Crippen molar-refractivity contribution in [3.05, 3.63) is 94.5 Å². The number of hydrogen-bond donors (Lipinski definition) is 1. The maximum Gasteiger partial charge on any atom is 0.307 e. The second-order valence-electron chi connectivity index (χ2n) is 9.83. The number of hydrazone groups is 1. The van der Waals surface area contributed by atoms with Gasteiger partial charge in [0.15, 0.2) is 5.76 Å². The number of hydrogen-bond acceptors (Lipinski definition) is 4. The van der Waals surface area contributed by atoms with Crippen LogP contribution in [0.3, 0.4) is 0 Å². The molecule has 5 rings (SSSR count). The van der Waals surface area contributed by atoms with Gasteiger partial charge in [-0.15, -0.1) is 0 Å². The molecule has 1 fully saturated rings. The molecule has 0 aliphatic heterocycles. The van der Waals surface area contributed by atoms with E-state index in [1.165, 1.54) is 48.5 Å². The van der Waals surface area contributed by atoms with Crippen LogP contribution in [0.4, 0.5) is 0 Å². The SMILES string of the molecule is Cc1ccc(C)n1-c1ccc(OCc2ccc(C(=O)N/N=C/c3cc(C)n(C4CCCC4)c3C)o2)cc1. The molecule has 0 saturated heterocycles. The zero-order chi connectivity index (χ0) is 25.9. The minimum atomic E-state index is -0.395. The smallest absolute Gasteiger partial charge is 0.307 e. The van der Waals surface area contributed by atoms with E-state index < -0.39 is 5.91 Å². The van der Waals surface area contributed by atoms with Crippen LogP contribution in [-0.2, 0) is 6.61 Å². The van der Waals surface area contributed by atoms with Crippen molar-refractivity contribution in [2.45, 2.75) is 66.0 Å². The Morgan fingerprint density at radius 2 is 1.70 bits per heavy atom. The number of aromatic nitrogens is 2. The predicted molar refractivity (Wildman–Crippen MR) is 145 cm³/mol. The Balaban J connectivity index is 1.15. The summed E-state index contributed by atoms with van der Waals surface area (Å²) in [6, 6.07) is 18.2. The molecule has 1 aromatic carbocycles. The number of furan rings is 1. The summed E-state index contributed by atoms with van der Waals surface area (Å²) in [6.07, 6.45) is 6.74. The number of aryl methyl sites for hydroxylation is 3. The van der Waals surface area contributed by atoms with Crippen LogP contribution in [0.2, 0.25) is 0 Å². The van der Waals surface area contributed by atoms with Crippen LogP contribution in [0.25, 0.3) is 5.69 Å². The van der Waals surface area contributed by atoms with Gasteiger partial charge in [-0.25, -0.2) is 5.43 Å². The molecule has 4 aromatic rings. The molecule has 37 heavy (non-hydrogen) atoms. The number of benzene rings is 1. The van der Waals surface area contributed by atoms with Gasteiger partial charge < -0.3 is 18.3 Å². The maximum atomic E-state index is 12.5. The molecule has 0 atom stereocenters. The van der Waals surface area contributed by atoms with E-state index in [0.717, 1.165) is 17.0 Å². The molecule has 0 bridgehead atoms. The molecule has 3 aromatic heterocycles. The maximum absolute atomic E-state index is 12.5. The Morgan fingerprint density at radius 1 is 1.00 bits per heavy atom. The van der Waals surface area contributed by atoms with Gasteiger partial charge in [-0.05, 0) is 95.1 Å². The van der Waals surface area contributed by atoms with Gasteiger partial charge in [0.1, 0.15) is 18.1 Å². The van der Waals surface area contributed by atoms with Gasteiger partial charge in [-0.2, -0.15) is 5.10 Å². The number of nitrogens with zero attached hydrogens (tertiary/aromatic N) is 3. The molecule has 1 saturated carbocycles. The highest BCUT2D eigenvalue weighted by molar-refractivity contribution is 5.92. The largest absolute Gasteiger partial charge is 0.486 e. The van der Waals surface area contributed by atoms with Crippen molar-refractivity contribution in [1.29, 1.82) is 0 Å². The third-order valence-electron chi connectivity index (χ3n) is 7.22. The van der Waals surface area contributed by atoms with E-state index >= 15 is 0 Å². The molecule has 1 aliphatic carbocycles. The topological polar surface area (TPSA) is 73.7 Å². The molecule has 7 heteroatoms. The number of nitrogens with one attached hydrogen (secondary N) is 1. The van der Waals surface area contributed by atoms with Crippen molar-refractivity contribution < 1.29 is 13.9 Å². The van der Waals surface area contributed by atoms with Gasteiger partial charge in [-0.1, -0.05) is 12.8 Å². The highest BCUT2D eigenvalue weighted by atomic mass is 16.5. The lowest BCUT2D eigenvalue weighted by molar-refractivity contribution is 0.0923. The standard InChI is InChI=1S/C30H34N4O3/c1-20-9-10-21(2)33(20)26-11-13-27(14-12-26)36-19-28-15-16-29(37-28)30(35)32-31-18-24-17-22(3)34(23(24)4)25-7-5-6-8-25/h9-18,25H,5-8,19H2,1-4H3,(H,32,35)/b31-18+. The summed E-state index contributed by atoms with van der Waals surface area (Å²) in [7, 11) is 0. The average molecular weight is 499 g/mol. The zero-order valence-corrected chi connectivity index (χ0v) is 22.0. The third-order valence-corrected chi connectivity index (χ3v) is 7.22. The number of ether oxygens (including phenoxy) is 1. The fourth-order valence-corrected chi connectivity index (χ4v) is 5.37. The Bertz CT molecular complexity index is 1400. The fraction of sp³-hybridized carbons (Fsp3) is 0.333. The van der Waals surface area contributed by atoms with E-state index in [4.69, 9.17) is 9.15 Å². The molecule has 7 nitrogen and oxygen atoms in total. The molecular weight excluding hydrogens is 464 g/mol. The summed E-state index contributed by atoms with van der Waals surface area (Å²) in [5, 5.41) is 4.17. The predicted octanol–water partition coefficient (Wildman–Crippen LogP) is 6.56. The first-order valence-corrected chi connectivity index (χ1v) is 12.9. The fourth-order valence-electron chi connectivity index (χ4n) is 5.37. The molecule has 0 unspecified atom stereocenters. The summed E-state index contributed by atoms with van der Waals surface area (Å²) >= 11 is 0. The number of amides is 1. The van der Waals surface area contributed by atoms with Crippen LogP contribution < -0.4 is 10.2 Å². The van der Waals surface area contributed by atoms with Crippen LogP contribution in [0.15, 0.2) is 64.1 Å². The Labute approximate surface area is 217 Å². The first kappa shape index (κ1) is 24.7. The molecular formula is C30H34N4O3. The molecule has 3 heterocycles. The summed E-state index contributed by atoms with van der Waals surface area (Å²) in [6.45, 7) is 8.65. The van der Waals surface area contributed by atoms with Crippen molar-refractivity contribution in [1.82, 2.24) is 14.6 Å². The first-order chi connectivity index (χ1) is 17.9. The summed E-state index contributed by atoms with van der Waals surface area (Å²) < 4.78 is 16.1. The van der Waals surface area contributed by atoms with E-state index in [-0.39, 0.29) is 12.4 Å². The van der Waals surface area contributed by atoms with Crippen molar-refractivity contribution in [3.63, 3.8) is 0 Å². The highest BCUT2D eigenvalue weighted by Crippen LogP contribution is 2.33. The minimum absolute atomic E-state index is 0.195. The van der Waals surface area contributed by atoms with Crippen LogP contribution in [0.1, 0.15) is 76.4 Å². The van der Waals surface area contributed by atoms with Crippen LogP contribution in [0, 0.1) is 27.7 Å². The second kappa shape index (κ2) is 10.5. The molecule has 1 amide bonds. The Kier molecular flexibility index (Phi) is 7.04. The first-order valence-electron chi connectivity index (χ1n) is 12.9. The van der Waals surface area contributed by atoms with Gasteiger partial charge in [0.05, 0.1) is 6.21 Å². The molecule has 1 aliphatic rings. The van der Waals surface area contributed by atoms with Crippen molar-refractivity contribution in [2.75, 3.05) is 0 Å². The molecule has 0 spiro atoms. The summed E-state index contributed by atoms with van der Waals surface area (Å²) in [5.41, 5.74) is 9.47. The van der Waals surface area contributed by atoms with Gasteiger partial charge in [0, 0.05) is 40.1 Å². The number of carbonyl (C=O) groups excluding carboxylic acids is 1.